The molecule has 1 saturated carbocycles. The molecule has 4 nitrogen and oxygen atoms in total. The molecule has 0 bridgehead atoms. The molecular weight excluding hydrogens is 282 g/mol. The quantitative estimate of drug-likeness (QED) is 0.893. The standard InChI is InChI=1S/C16H21N3OS/c1-9-5-3-6-11(10(9)2)19-16(20)15-13(17)14-12(21-15)7-4-8-18-14/h4,7-11H,3,5-6,17H2,1-2H3,(H,19,20). The van der Waals surface area contributed by atoms with Crippen LogP contribution in [0, 0.1) is 11.8 Å². The second-order valence-corrected chi connectivity index (χ2v) is 7.09. The summed E-state index contributed by atoms with van der Waals surface area (Å²) in [5.41, 5.74) is 7.33. The van der Waals surface area contributed by atoms with E-state index >= 15 is 0 Å². The Hall–Kier alpha value is -1.62. The average molecular weight is 303 g/mol. The fourth-order valence-electron chi connectivity index (χ4n) is 3.14. The Bertz CT molecular complexity index is 667. The lowest BCUT2D eigenvalue weighted by atomic mass is 9.78. The number of aromatic nitrogens is 1. The fraction of sp³-hybridized carbons (Fsp3) is 0.500. The van der Waals surface area contributed by atoms with E-state index in [0.29, 0.717) is 22.4 Å². The smallest absolute Gasteiger partial charge is 0.263 e. The van der Waals surface area contributed by atoms with Crippen molar-refractivity contribution in [3.8, 4) is 0 Å². The number of nitrogens with zero attached hydrogens (tertiary/aromatic N) is 1. The van der Waals surface area contributed by atoms with E-state index < -0.39 is 0 Å². The highest BCUT2D eigenvalue weighted by Crippen LogP contribution is 2.33. The molecule has 2 aromatic rings. The summed E-state index contributed by atoms with van der Waals surface area (Å²) in [5, 5.41) is 3.18. The molecule has 5 heteroatoms. The van der Waals surface area contributed by atoms with Crippen molar-refractivity contribution in [3.05, 3.63) is 23.2 Å². The zero-order chi connectivity index (χ0) is 15.0. The number of rotatable bonds is 2. The topological polar surface area (TPSA) is 68.0 Å². The van der Waals surface area contributed by atoms with Crippen LogP contribution >= 0.6 is 11.3 Å². The van der Waals surface area contributed by atoms with Crippen molar-refractivity contribution >= 4 is 33.1 Å². The summed E-state index contributed by atoms with van der Waals surface area (Å²) in [6.45, 7) is 4.49. The van der Waals surface area contributed by atoms with Gasteiger partial charge in [-0.2, -0.15) is 0 Å². The highest BCUT2D eigenvalue weighted by molar-refractivity contribution is 7.21. The maximum Gasteiger partial charge on any atom is 0.263 e. The van der Waals surface area contributed by atoms with Crippen LogP contribution in [0.25, 0.3) is 10.2 Å². The molecule has 3 rings (SSSR count). The molecule has 0 radical (unpaired) electrons. The van der Waals surface area contributed by atoms with Crippen molar-refractivity contribution in [3.63, 3.8) is 0 Å². The molecule has 0 aromatic carbocycles. The molecule has 1 amide bonds. The van der Waals surface area contributed by atoms with E-state index in [0.717, 1.165) is 16.6 Å². The van der Waals surface area contributed by atoms with Crippen molar-refractivity contribution < 1.29 is 4.79 Å². The minimum atomic E-state index is -0.0542. The number of nitrogens with two attached hydrogens (primary N) is 1. The first-order chi connectivity index (χ1) is 10.1. The van der Waals surface area contributed by atoms with Gasteiger partial charge in [-0.05, 0) is 30.4 Å². The van der Waals surface area contributed by atoms with E-state index in [1.54, 1.807) is 6.20 Å². The average Bonchev–Trinajstić information content (AvgIpc) is 2.82. The largest absolute Gasteiger partial charge is 0.396 e. The highest BCUT2D eigenvalue weighted by atomic mass is 32.1. The first kappa shape index (κ1) is 14.3. The summed E-state index contributed by atoms with van der Waals surface area (Å²) in [5.74, 6) is 1.11. The van der Waals surface area contributed by atoms with Gasteiger partial charge in [-0.25, -0.2) is 0 Å². The number of nitrogen functional groups attached to an aromatic ring is 1. The molecule has 0 saturated heterocycles. The molecule has 0 aliphatic heterocycles. The SMILES string of the molecule is CC1CCCC(NC(=O)c2sc3cccnc3c2N)C1C. The number of carbonyl (C=O) groups is 1. The van der Waals surface area contributed by atoms with Crippen LogP contribution in [-0.4, -0.2) is 16.9 Å². The van der Waals surface area contributed by atoms with Crippen LogP contribution in [-0.2, 0) is 0 Å². The summed E-state index contributed by atoms with van der Waals surface area (Å²) in [4.78, 5) is 17.4. The van der Waals surface area contributed by atoms with Crippen LogP contribution in [0.5, 0.6) is 0 Å². The summed E-state index contributed by atoms with van der Waals surface area (Å²) in [6.07, 6.45) is 5.20. The number of hydrogen-bond acceptors (Lipinski definition) is 4. The molecule has 3 atom stereocenters. The van der Waals surface area contributed by atoms with E-state index in [9.17, 15) is 4.79 Å². The lowest BCUT2D eigenvalue weighted by Crippen LogP contribution is -2.43. The molecule has 1 aliphatic rings. The lowest BCUT2D eigenvalue weighted by Gasteiger charge is -2.34. The molecule has 2 aromatic heterocycles. The maximum atomic E-state index is 12.5. The Morgan fingerprint density at radius 2 is 2.24 bits per heavy atom. The highest BCUT2D eigenvalue weighted by Gasteiger charge is 2.29. The van der Waals surface area contributed by atoms with Crippen molar-refractivity contribution in [1.82, 2.24) is 10.3 Å². The molecule has 1 aliphatic carbocycles. The van der Waals surface area contributed by atoms with Gasteiger partial charge in [0, 0.05) is 12.2 Å². The second-order valence-electron chi connectivity index (χ2n) is 6.04. The Labute approximate surface area is 128 Å². The molecule has 112 valence electrons. The third-order valence-corrected chi connectivity index (χ3v) is 5.87. The predicted octanol–water partition coefficient (Wildman–Crippen LogP) is 3.43. The van der Waals surface area contributed by atoms with Crippen LogP contribution < -0.4 is 11.1 Å². The van der Waals surface area contributed by atoms with Gasteiger partial charge in [-0.15, -0.1) is 11.3 Å². The van der Waals surface area contributed by atoms with Gasteiger partial charge in [0.25, 0.3) is 5.91 Å². The summed E-state index contributed by atoms with van der Waals surface area (Å²) < 4.78 is 0.963. The monoisotopic (exact) mass is 303 g/mol. The molecule has 2 heterocycles. The number of hydrogen-bond donors (Lipinski definition) is 2. The van der Waals surface area contributed by atoms with E-state index in [2.05, 4.69) is 24.1 Å². The Kier molecular flexibility index (Phi) is 3.85. The zero-order valence-electron chi connectivity index (χ0n) is 12.4. The van der Waals surface area contributed by atoms with E-state index in [1.165, 1.54) is 24.2 Å². The minimum Gasteiger partial charge on any atom is -0.396 e. The Balaban J connectivity index is 1.82. The number of thiophene rings is 1. The molecule has 21 heavy (non-hydrogen) atoms. The van der Waals surface area contributed by atoms with Gasteiger partial charge >= 0.3 is 0 Å². The fourth-order valence-corrected chi connectivity index (χ4v) is 4.12. The number of carbonyl (C=O) groups excluding carboxylic acids is 1. The summed E-state index contributed by atoms with van der Waals surface area (Å²) in [6, 6.07) is 4.06. The van der Waals surface area contributed by atoms with Gasteiger partial charge in [0.15, 0.2) is 0 Å². The van der Waals surface area contributed by atoms with Crippen LogP contribution in [0.1, 0.15) is 42.8 Å². The normalized spacial score (nSPS) is 25.9. The van der Waals surface area contributed by atoms with Crippen molar-refractivity contribution in [2.75, 3.05) is 5.73 Å². The van der Waals surface area contributed by atoms with E-state index in [1.807, 2.05) is 12.1 Å². The van der Waals surface area contributed by atoms with Crippen LogP contribution in [0.2, 0.25) is 0 Å². The Morgan fingerprint density at radius 1 is 1.43 bits per heavy atom. The van der Waals surface area contributed by atoms with Crippen LogP contribution in [0.3, 0.4) is 0 Å². The molecule has 3 unspecified atom stereocenters. The molecular formula is C16H21N3OS. The Morgan fingerprint density at radius 3 is 3.00 bits per heavy atom. The number of fused-ring (bicyclic) bond motifs is 1. The van der Waals surface area contributed by atoms with Gasteiger partial charge in [-0.1, -0.05) is 26.7 Å². The first-order valence-electron chi connectivity index (χ1n) is 7.51. The van der Waals surface area contributed by atoms with Gasteiger partial charge in [0.2, 0.25) is 0 Å². The number of pyridine rings is 1. The number of nitrogens with one attached hydrogen (secondary N) is 1. The van der Waals surface area contributed by atoms with Gasteiger partial charge < -0.3 is 11.1 Å². The number of amides is 1. The lowest BCUT2D eigenvalue weighted by molar-refractivity contribution is 0.0896. The molecule has 3 N–H and O–H groups in total. The third kappa shape index (κ3) is 2.62. The minimum absolute atomic E-state index is 0.0542. The van der Waals surface area contributed by atoms with Crippen molar-refractivity contribution in [1.29, 1.82) is 0 Å². The summed E-state index contributed by atoms with van der Waals surface area (Å²) >= 11 is 1.42. The van der Waals surface area contributed by atoms with Crippen molar-refractivity contribution in [2.24, 2.45) is 11.8 Å². The molecule has 0 spiro atoms. The van der Waals surface area contributed by atoms with Gasteiger partial charge in [0.1, 0.15) is 10.4 Å². The van der Waals surface area contributed by atoms with E-state index in [-0.39, 0.29) is 11.9 Å². The third-order valence-electron chi connectivity index (χ3n) is 4.71. The first-order valence-corrected chi connectivity index (χ1v) is 8.33. The number of anilines is 1. The molecule has 1 fully saturated rings. The second kappa shape index (κ2) is 5.64. The van der Waals surface area contributed by atoms with Crippen LogP contribution in [0.15, 0.2) is 18.3 Å². The van der Waals surface area contributed by atoms with Gasteiger partial charge in [-0.3, -0.25) is 9.78 Å². The maximum absolute atomic E-state index is 12.5. The van der Waals surface area contributed by atoms with Crippen molar-refractivity contribution in [2.45, 2.75) is 39.2 Å². The zero-order valence-corrected chi connectivity index (χ0v) is 13.2. The summed E-state index contributed by atoms with van der Waals surface area (Å²) in [7, 11) is 0. The van der Waals surface area contributed by atoms with Gasteiger partial charge in [0.05, 0.1) is 10.4 Å². The van der Waals surface area contributed by atoms with Crippen LogP contribution in [0.4, 0.5) is 5.69 Å². The predicted molar refractivity (Wildman–Crippen MR) is 87.5 cm³/mol. The van der Waals surface area contributed by atoms with E-state index in [4.69, 9.17) is 5.73 Å².